The van der Waals surface area contributed by atoms with Gasteiger partial charge in [-0.2, -0.15) is 0 Å². The summed E-state index contributed by atoms with van der Waals surface area (Å²) in [4.78, 5) is 30.2. The Hall–Kier alpha value is -2.21. The van der Waals surface area contributed by atoms with Gasteiger partial charge in [-0.25, -0.2) is 4.98 Å². The van der Waals surface area contributed by atoms with Crippen LogP contribution in [0.2, 0.25) is 0 Å². The Morgan fingerprint density at radius 3 is 2.76 bits per heavy atom. The maximum Gasteiger partial charge on any atom is 0.227 e. The van der Waals surface area contributed by atoms with Crippen LogP contribution in [0, 0.1) is 5.92 Å². The summed E-state index contributed by atoms with van der Waals surface area (Å²) in [5.74, 6) is 0.188. The summed E-state index contributed by atoms with van der Waals surface area (Å²) >= 11 is 1.44. The standard InChI is InChI=1S/C19H23N3O2S/c1-14(23)22(19-20-10-11-25-19)13-15-6-5-9-17(12-15)21-18(24)16-7-3-2-4-8-16/h5-6,9-12,16H,2-4,7-8,13H2,1H3,(H,21,24). The molecular formula is C19H23N3O2S. The number of carbonyl (C=O) groups excluding carboxylic acids is 2. The fourth-order valence-corrected chi connectivity index (χ4v) is 3.89. The highest BCUT2D eigenvalue weighted by Gasteiger charge is 2.21. The Bertz CT molecular complexity index is 724. The van der Waals surface area contributed by atoms with Crippen molar-refractivity contribution in [1.82, 2.24) is 4.98 Å². The van der Waals surface area contributed by atoms with Crippen LogP contribution in [-0.4, -0.2) is 16.8 Å². The number of hydrogen-bond donors (Lipinski definition) is 1. The number of thiazole rings is 1. The van der Waals surface area contributed by atoms with Gasteiger partial charge in [-0.05, 0) is 30.5 Å². The summed E-state index contributed by atoms with van der Waals surface area (Å²) in [5, 5.41) is 5.57. The number of benzene rings is 1. The second-order valence-corrected chi connectivity index (χ2v) is 7.32. The third kappa shape index (κ3) is 4.66. The van der Waals surface area contributed by atoms with Crippen LogP contribution >= 0.6 is 11.3 Å². The maximum absolute atomic E-state index is 12.4. The number of aromatic nitrogens is 1. The van der Waals surface area contributed by atoms with Crippen LogP contribution in [0.25, 0.3) is 0 Å². The molecule has 0 atom stereocenters. The minimum Gasteiger partial charge on any atom is -0.326 e. The van der Waals surface area contributed by atoms with E-state index >= 15 is 0 Å². The van der Waals surface area contributed by atoms with Gasteiger partial charge in [0, 0.05) is 30.1 Å². The number of nitrogens with zero attached hydrogens (tertiary/aromatic N) is 2. The average molecular weight is 357 g/mol. The van der Waals surface area contributed by atoms with Crippen molar-refractivity contribution in [2.75, 3.05) is 10.2 Å². The summed E-state index contributed by atoms with van der Waals surface area (Å²) in [6.45, 7) is 1.98. The number of nitrogens with one attached hydrogen (secondary N) is 1. The molecule has 1 aliphatic rings. The predicted molar refractivity (Wildman–Crippen MR) is 101 cm³/mol. The van der Waals surface area contributed by atoms with Crippen LogP contribution in [0.3, 0.4) is 0 Å². The van der Waals surface area contributed by atoms with Crippen LogP contribution < -0.4 is 10.2 Å². The van der Waals surface area contributed by atoms with Gasteiger partial charge in [0.15, 0.2) is 5.13 Å². The van der Waals surface area contributed by atoms with E-state index in [0.717, 1.165) is 36.9 Å². The molecule has 0 saturated heterocycles. The molecular weight excluding hydrogens is 334 g/mol. The first-order valence-corrected chi connectivity index (χ1v) is 9.59. The Labute approximate surface area is 152 Å². The van der Waals surface area contributed by atoms with Crippen LogP contribution in [0.5, 0.6) is 0 Å². The molecule has 1 fully saturated rings. The molecule has 0 bridgehead atoms. The fraction of sp³-hybridized carbons (Fsp3) is 0.421. The van der Waals surface area contributed by atoms with Crippen molar-refractivity contribution in [3.05, 3.63) is 41.4 Å². The second-order valence-electron chi connectivity index (χ2n) is 6.44. The van der Waals surface area contributed by atoms with Crippen molar-refractivity contribution in [2.24, 2.45) is 5.92 Å². The normalized spacial score (nSPS) is 14.9. The SMILES string of the molecule is CC(=O)N(Cc1cccc(NC(=O)C2CCCCC2)c1)c1nccs1. The minimum absolute atomic E-state index is 0.0494. The summed E-state index contributed by atoms with van der Waals surface area (Å²) in [6.07, 6.45) is 7.16. The molecule has 2 amide bonds. The Balaban J connectivity index is 1.68. The van der Waals surface area contributed by atoms with Crippen molar-refractivity contribution >= 4 is 34.0 Å². The summed E-state index contributed by atoms with van der Waals surface area (Å²) in [6, 6.07) is 7.70. The summed E-state index contributed by atoms with van der Waals surface area (Å²) < 4.78 is 0. The lowest BCUT2D eigenvalue weighted by Crippen LogP contribution is -2.28. The lowest BCUT2D eigenvalue weighted by atomic mass is 9.88. The van der Waals surface area contributed by atoms with E-state index in [-0.39, 0.29) is 17.7 Å². The van der Waals surface area contributed by atoms with E-state index < -0.39 is 0 Å². The van der Waals surface area contributed by atoms with Gasteiger partial charge >= 0.3 is 0 Å². The lowest BCUT2D eigenvalue weighted by Gasteiger charge is -2.21. The van der Waals surface area contributed by atoms with E-state index in [4.69, 9.17) is 0 Å². The van der Waals surface area contributed by atoms with E-state index in [9.17, 15) is 9.59 Å². The van der Waals surface area contributed by atoms with Crippen molar-refractivity contribution in [3.63, 3.8) is 0 Å². The number of hydrogen-bond acceptors (Lipinski definition) is 4. The van der Waals surface area contributed by atoms with Gasteiger partial charge in [0.1, 0.15) is 0 Å². The molecule has 3 rings (SSSR count). The highest BCUT2D eigenvalue weighted by molar-refractivity contribution is 7.13. The number of anilines is 2. The monoisotopic (exact) mass is 357 g/mol. The van der Waals surface area contributed by atoms with Gasteiger partial charge in [0.2, 0.25) is 11.8 Å². The molecule has 0 aliphatic heterocycles. The first-order chi connectivity index (χ1) is 12.1. The van der Waals surface area contributed by atoms with E-state index in [1.807, 2.05) is 29.6 Å². The number of rotatable bonds is 5. The van der Waals surface area contributed by atoms with Gasteiger partial charge < -0.3 is 5.32 Å². The molecule has 6 heteroatoms. The molecule has 1 heterocycles. The third-order valence-electron chi connectivity index (χ3n) is 4.54. The molecule has 132 valence electrons. The Morgan fingerprint density at radius 2 is 2.08 bits per heavy atom. The molecule has 1 aromatic heterocycles. The maximum atomic E-state index is 12.4. The molecule has 1 aliphatic carbocycles. The largest absolute Gasteiger partial charge is 0.326 e. The molecule has 1 N–H and O–H groups in total. The van der Waals surface area contributed by atoms with Crippen LogP contribution in [-0.2, 0) is 16.1 Å². The average Bonchev–Trinajstić information content (AvgIpc) is 3.15. The topological polar surface area (TPSA) is 62.3 Å². The van der Waals surface area contributed by atoms with E-state index in [2.05, 4.69) is 10.3 Å². The first-order valence-electron chi connectivity index (χ1n) is 8.71. The van der Waals surface area contributed by atoms with Crippen molar-refractivity contribution < 1.29 is 9.59 Å². The van der Waals surface area contributed by atoms with Gasteiger partial charge in [-0.15, -0.1) is 11.3 Å². The van der Waals surface area contributed by atoms with Gasteiger partial charge in [-0.1, -0.05) is 31.4 Å². The highest BCUT2D eigenvalue weighted by atomic mass is 32.1. The van der Waals surface area contributed by atoms with Crippen molar-refractivity contribution in [2.45, 2.75) is 45.6 Å². The van der Waals surface area contributed by atoms with Crippen LogP contribution in [0.1, 0.15) is 44.6 Å². The van der Waals surface area contributed by atoms with E-state index in [1.165, 1.54) is 24.7 Å². The smallest absolute Gasteiger partial charge is 0.227 e. The molecule has 0 spiro atoms. The highest BCUT2D eigenvalue weighted by Crippen LogP contribution is 2.26. The predicted octanol–water partition coefficient (Wildman–Crippen LogP) is 4.22. The van der Waals surface area contributed by atoms with Crippen molar-refractivity contribution in [1.29, 1.82) is 0 Å². The number of carbonyl (C=O) groups is 2. The minimum atomic E-state index is -0.0494. The molecule has 0 unspecified atom stereocenters. The molecule has 1 aromatic carbocycles. The van der Waals surface area contributed by atoms with Gasteiger partial charge in [0.05, 0.1) is 6.54 Å². The lowest BCUT2D eigenvalue weighted by molar-refractivity contribution is -0.120. The van der Waals surface area contributed by atoms with Crippen LogP contribution in [0.15, 0.2) is 35.8 Å². The van der Waals surface area contributed by atoms with E-state index in [1.54, 1.807) is 11.1 Å². The Kier molecular flexibility index (Phi) is 5.81. The third-order valence-corrected chi connectivity index (χ3v) is 5.34. The zero-order chi connectivity index (χ0) is 17.6. The Morgan fingerprint density at radius 1 is 1.28 bits per heavy atom. The van der Waals surface area contributed by atoms with E-state index in [0.29, 0.717) is 11.7 Å². The quantitative estimate of drug-likeness (QED) is 0.872. The number of amides is 2. The van der Waals surface area contributed by atoms with Crippen LogP contribution in [0.4, 0.5) is 10.8 Å². The van der Waals surface area contributed by atoms with Gasteiger partial charge in [-0.3, -0.25) is 14.5 Å². The molecule has 25 heavy (non-hydrogen) atoms. The van der Waals surface area contributed by atoms with Crippen molar-refractivity contribution in [3.8, 4) is 0 Å². The zero-order valence-electron chi connectivity index (χ0n) is 14.4. The molecule has 5 nitrogen and oxygen atoms in total. The molecule has 1 saturated carbocycles. The van der Waals surface area contributed by atoms with Gasteiger partial charge in [0.25, 0.3) is 0 Å². The fourth-order valence-electron chi connectivity index (χ4n) is 3.20. The molecule has 2 aromatic rings. The summed E-state index contributed by atoms with van der Waals surface area (Å²) in [5.41, 5.74) is 1.75. The first kappa shape index (κ1) is 17.6. The summed E-state index contributed by atoms with van der Waals surface area (Å²) in [7, 11) is 0. The zero-order valence-corrected chi connectivity index (χ0v) is 15.2. The second kappa shape index (κ2) is 8.25. The molecule has 0 radical (unpaired) electrons.